The second-order valence-electron chi connectivity index (χ2n) is 9.03. The highest BCUT2D eigenvalue weighted by Gasteiger charge is 2.41. The van der Waals surface area contributed by atoms with Crippen molar-refractivity contribution in [2.75, 3.05) is 12.4 Å². The third-order valence-corrected chi connectivity index (χ3v) is 9.73. The molecule has 2 aromatic carbocycles. The summed E-state index contributed by atoms with van der Waals surface area (Å²) in [4.78, 5) is 13.0. The van der Waals surface area contributed by atoms with E-state index in [1.807, 2.05) is 13.0 Å². The van der Waals surface area contributed by atoms with Gasteiger partial charge in [0.25, 0.3) is 0 Å². The van der Waals surface area contributed by atoms with Gasteiger partial charge in [-0.1, -0.05) is 87.1 Å². The summed E-state index contributed by atoms with van der Waals surface area (Å²) in [5, 5.41) is -1.31. The zero-order chi connectivity index (χ0) is 26.6. The largest absolute Gasteiger partial charge is 0.465 e. The molecule has 0 unspecified atom stereocenters. The van der Waals surface area contributed by atoms with Crippen molar-refractivity contribution in [1.29, 1.82) is 0 Å². The molecule has 0 radical (unpaired) electrons. The maximum Gasteiger partial charge on any atom is 0.325 e. The van der Waals surface area contributed by atoms with Crippen LogP contribution >= 0.6 is 0 Å². The second-order valence-corrected chi connectivity index (χ2v) is 13.1. The fourth-order valence-corrected chi connectivity index (χ4v) is 7.25. The lowest BCUT2D eigenvalue weighted by Crippen LogP contribution is -2.53. The number of aryl methyl sites for hydroxylation is 1. The topological polar surface area (TPSA) is 107 Å². The summed E-state index contributed by atoms with van der Waals surface area (Å²) in [6.07, 6.45) is 5.39. The monoisotopic (exact) mass is 537 g/mol. The molecule has 0 amide bonds. The van der Waals surface area contributed by atoms with Gasteiger partial charge in [-0.3, -0.25) is 4.79 Å². The molecule has 0 saturated heterocycles. The third-order valence-electron chi connectivity index (χ3n) is 6.05. The predicted octanol–water partition coefficient (Wildman–Crippen LogP) is 4.59. The Morgan fingerprint density at radius 2 is 1.47 bits per heavy atom. The molecule has 0 spiro atoms. The first-order valence-corrected chi connectivity index (χ1v) is 15.8. The third kappa shape index (κ3) is 9.33. The zero-order valence-electron chi connectivity index (χ0n) is 21.5. The molecule has 2 atom stereocenters. The van der Waals surface area contributed by atoms with Crippen molar-refractivity contribution in [3.05, 3.63) is 65.7 Å². The van der Waals surface area contributed by atoms with E-state index in [-0.39, 0.29) is 23.7 Å². The van der Waals surface area contributed by atoms with Crippen molar-refractivity contribution in [2.24, 2.45) is 0 Å². The number of carbonyl (C=O) groups excluding carboxylic acids is 1. The Balaban J connectivity index is 2.39. The van der Waals surface area contributed by atoms with Gasteiger partial charge >= 0.3 is 5.97 Å². The molecule has 2 aromatic rings. The van der Waals surface area contributed by atoms with Gasteiger partial charge in [0.2, 0.25) is 10.0 Å². The van der Waals surface area contributed by atoms with Crippen LogP contribution in [-0.4, -0.2) is 46.5 Å². The molecule has 7 nitrogen and oxygen atoms in total. The van der Waals surface area contributed by atoms with E-state index in [4.69, 9.17) is 4.74 Å². The van der Waals surface area contributed by atoms with Gasteiger partial charge in [-0.25, -0.2) is 16.8 Å². The highest BCUT2D eigenvalue weighted by molar-refractivity contribution is 7.92. The summed E-state index contributed by atoms with van der Waals surface area (Å²) < 4.78 is 61.1. The number of esters is 1. The van der Waals surface area contributed by atoms with Crippen molar-refractivity contribution in [2.45, 2.75) is 81.9 Å². The maximum atomic E-state index is 13.6. The van der Waals surface area contributed by atoms with Gasteiger partial charge in [0.15, 0.2) is 9.84 Å². The molecule has 2 rings (SSSR count). The Labute approximate surface area is 216 Å². The lowest BCUT2D eigenvalue weighted by atomic mass is 10.1. The second kappa shape index (κ2) is 14.5. The Hall–Kier alpha value is -2.23. The first-order chi connectivity index (χ1) is 17.1. The number of carbonyl (C=O) groups is 1. The van der Waals surface area contributed by atoms with Crippen molar-refractivity contribution in [3.8, 4) is 0 Å². The van der Waals surface area contributed by atoms with Crippen LogP contribution in [-0.2, 0) is 35.8 Å². The number of nitrogens with one attached hydrogen (secondary N) is 1. The molecule has 200 valence electrons. The average molecular weight is 538 g/mol. The minimum atomic E-state index is -4.19. The normalized spacial score (nSPS) is 13.8. The number of rotatable bonds is 16. The van der Waals surface area contributed by atoms with Crippen LogP contribution in [0.2, 0.25) is 0 Å². The maximum absolute atomic E-state index is 13.6. The molecule has 0 aromatic heterocycles. The first-order valence-electron chi connectivity index (χ1n) is 12.6. The first kappa shape index (κ1) is 30.0. The standard InChI is InChI=1S/C27H39NO6S2/c1-4-6-7-8-9-13-20-35(30,31)25(21-23-14-11-10-12-15-23)26(27(29)34-5-2)28-36(32,33)24-18-16-22(3)17-19-24/h10-12,14-19,25-26,28H,4-9,13,20-21H2,1-3H3/t25-,26-/m1/s1. The Kier molecular flexibility index (Phi) is 12.1. The molecule has 0 bridgehead atoms. The molecule has 0 fully saturated rings. The lowest BCUT2D eigenvalue weighted by molar-refractivity contribution is -0.145. The van der Waals surface area contributed by atoms with Gasteiger partial charge in [-0.05, 0) is 44.4 Å². The van der Waals surface area contributed by atoms with Crippen molar-refractivity contribution >= 4 is 25.8 Å². The van der Waals surface area contributed by atoms with Crippen molar-refractivity contribution in [3.63, 3.8) is 0 Å². The van der Waals surface area contributed by atoms with Crippen LogP contribution in [0.4, 0.5) is 0 Å². The summed E-state index contributed by atoms with van der Waals surface area (Å²) in [5.41, 5.74) is 1.57. The predicted molar refractivity (Wildman–Crippen MR) is 143 cm³/mol. The Morgan fingerprint density at radius 3 is 2.08 bits per heavy atom. The molecule has 0 saturated carbocycles. The Morgan fingerprint density at radius 1 is 0.861 bits per heavy atom. The van der Waals surface area contributed by atoms with Crippen LogP contribution in [0.5, 0.6) is 0 Å². The summed E-state index contributed by atoms with van der Waals surface area (Å²) in [5.74, 6) is -1.03. The molecule has 0 aliphatic rings. The van der Waals surface area contributed by atoms with Crippen LogP contribution < -0.4 is 4.72 Å². The van der Waals surface area contributed by atoms with E-state index >= 15 is 0 Å². The molecule has 36 heavy (non-hydrogen) atoms. The number of unbranched alkanes of at least 4 members (excludes halogenated alkanes) is 5. The average Bonchev–Trinajstić information content (AvgIpc) is 2.84. The fourth-order valence-electron chi connectivity index (χ4n) is 3.99. The molecule has 1 N–H and O–H groups in total. The van der Waals surface area contributed by atoms with Gasteiger partial charge < -0.3 is 4.74 Å². The van der Waals surface area contributed by atoms with Gasteiger partial charge in [-0.2, -0.15) is 4.72 Å². The smallest absolute Gasteiger partial charge is 0.325 e. The molecule has 0 heterocycles. The molecule has 0 aliphatic heterocycles. The van der Waals surface area contributed by atoms with Gasteiger partial charge in [0.05, 0.1) is 22.5 Å². The van der Waals surface area contributed by atoms with E-state index in [1.54, 1.807) is 43.3 Å². The fraction of sp³-hybridized carbons (Fsp3) is 0.519. The van der Waals surface area contributed by atoms with Gasteiger partial charge in [0, 0.05) is 0 Å². The molecular formula is C27H39NO6S2. The Bertz CT molecular complexity index is 1150. The molecule has 9 heteroatoms. The summed E-state index contributed by atoms with van der Waals surface area (Å²) >= 11 is 0. The minimum absolute atomic E-state index is 0.00285. The number of benzene rings is 2. The number of sulfone groups is 1. The number of hydrogen-bond acceptors (Lipinski definition) is 6. The van der Waals surface area contributed by atoms with Crippen LogP contribution in [0.1, 0.15) is 63.5 Å². The number of sulfonamides is 1. The number of ether oxygens (including phenoxy) is 1. The summed E-state index contributed by atoms with van der Waals surface area (Å²) in [7, 11) is -8.05. The van der Waals surface area contributed by atoms with E-state index in [0.717, 1.165) is 37.7 Å². The van der Waals surface area contributed by atoms with Crippen molar-refractivity contribution in [1.82, 2.24) is 4.72 Å². The van der Waals surface area contributed by atoms with Crippen molar-refractivity contribution < 1.29 is 26.4 Å². The van der Waals surface area contributed by atoms with E-state index in [2.05, 4.69) is 11.6 Å². The van der Waals surface area contributed by atoms with Crippen LogP contribution in [0, 0.1) is 6.92 Å². The summed E-state index contributed by atoms with van der Waals surface area (Å²) in [6, 6.07) is 13.5. The lowest BCUT2D eigenvalue weighted by Gasteiger charge is -2.26. The van der Waals surface area contributed by atoms with E-state index < -0.39 is 37.1 Å². The van der Waals surface area contributed by atoms with Gasteiger partial charge in [-0.15, -0.1) is 0 Å². The van der Waals surface area contributed by atoms with E-state index in [1.165, 1.54) is 12.1 Å². The van der Waals surface area contributed by atoms with E-state index in [9.17, 15) is 21.6 Å². The highest BCUT2D eigenvalue weighted by Crippen LogP contribution is 2.21. The zero-order valence-corrected chi connectivity index (χ0v) is 23.1. The molecule has 0 aliphatic carbocycles. The number of hydrogen-bond donors (Lipinski definition) is 1. The summed E-state index contributed by atoms with van der Waals surface area (Å²) in [6.45, 7) is 5.54. The minimum Gasteiger partial charge on any atom is -0.465 e. The SMILES string of the molecule is CCCCCCCCS(=O)(=O)[C@H](Cc1ccccc1)[C@@H](NS(=O)(=O)c1ccc(C)cc1)C(=O)OCC. The highest BCUT2D eigenvalue weighted by atomic mass is 32.2. The van der Waals surface area contributed by atoms with E-state index in [0.29, 0.717) is 12.0 Å². The van der Waals surface area contributed by atoms with Gasteiger partial charge in [0.1, 0.15) is 6.04 Å². The molecular weight excluding hydrogens is 498 g/mol. The van der Waals surface area contributed by atoms with Crippen LogP contribution in [0.3, 0.4) is 0 Å². The van der Waals surface area contributed by atoms with Crippen LogP contribution in [0.15, 0.2) is 59.5 Å². The van der Waals surface area contributed by atoms with Crippen LogP contribution in [0.25, 0.3) is 0 Å². The quantitative estimate of drug-likeness (QED) is 0.248.